The molecule has 0 spiro atoms. The van der Waals surface area contributed by atoms with Crippen molar-refractivity contribution in [3.63, 3.8) is 0 Å². The number of hydrogen-bond acceptors (Lipinski definition) is 6. The predicted molar refractivity (Wildman–Crippen MR) is 99.2 cm³/mol. The summed E-state index contributed by atoms with van der Waals surface area (Å²) in [5.74, 6) is 0.388. The molecule has 1 saturated carbocycles. The van der Waals surface area contributed by atoms with Gasteiger partial charge in [-0.15, -0.1) is 0 Å². The average molecular weight is 410 g/mol. The highest BCUT2D eigenvalue weighted by atomic mass is 19.4. The molecule has 2 atom stereocenters. The van der Waals surface area contributed by atoms with Crippen molar-refractivity contribution in [2.24, 2.45) is 0 Å². The second-order valence-electron chi connectivity index (χ2n) is 7.94. The third-order valence-electron chi connectivity index (χ3n) is 5.64. The first-order valence-corrected chi connectivity index (χ1v) is 10.0. The van der Waals surface area contributed by atoms with Crippen LogP contribution in [0.3, 0.4) is 0 Å². The lowest BCUT2D eigenvalue weighted by molar-refractivity contribution is -0.144. The lowest BCUT2D eigenvalue weighted by Crippen LogP contribution is -2.42. The number of halogens is 3. The van der Waals surface area contributed by atoms with E-state index < -0.39 is 12.0 Å². The first-order chi connectivity index (χ1) is 13.8. The van der Waals surface area contributed by atoms with Crippen LogP contribution in [0.5, 0.6) is 0 Å². The summed E-state index contributed by atoms with van der Waals surface area (Å²) in [6, 6.07) is 0.614. The normalized spacial score (nSPS) is 23.8. The lowest BCUT2D eigenvalue weighted by atomic mass is 10.1. The average Bonchev–Trinajstić information content (AvgIpc) is 3.35. The highest BCUT2D eigenvalue weighted by molar-refractivity contribution is 5.51. The van der Waals surface area contributed by atoms with Crippen molar-refractivity contribution in [3.05, 3.63) is 24.0 Å². The van der Waals surface area contributed by atoms with Gasteiger partial charge in [0.1, 0.15) is 5.82 Å². The van der Waals surface area contributed by atoms with Crippen molar-refractivity contribution in [1.29, 1.82) is 0 Å². The van der Waals surface area contributed by atoms with Gasteiger partial charge in [0, 0.05) is 43.5 Å². The molecule has 2 aliphatic rings. The van der Waals surface area contributed by atoms with Gasteiger partial charge in [0.15, 0.2) is 5.82 Å². The van der Waals surface area contributed by atoms with Crippen LogP contribution in [0, 0.1) is 0 Å². The van der Waals surface area contributed by atoms with Gasteiger partial charge in [0.2, 0.25) is 5.82 Å². The molecular weight excluding hydrogens is 385 g/mol. The van der Waals surface area contributed by atoms with E-state index in [0.717, 1.165) is 63.8 Å². The molecule has 2 aromatic heterocycles. The van der Waals surface area contributed by atoms with E-state index in [1.54, 1.807) is 0 Å². The number of nitrogens with zero attached hydrogens (tertiary/aromatic N) is 6. The van der Waals surface area contributed by atoms with E-state index in [-0.39, 0.29) is 12.0 Å². The van der Waals surface area contributed by atoms with Crippen LogP contribution in [0.1, 0.15) is 56.7 Å². The molecule has 0 bridgehead atoms. The monoisotopic (exact) mass is 410 g/mol. The van der Waals surface area contributed by atoms with Crippen molar-refractivity contribution in [2.45, 2.75) is 57.3 Å². The molecule has 3 heterocycles. The van der Waals surface area contributed by atoms with Crippen molar-refractivity contribution in [1.82, 2.24) is 29.6 Å². The van der Waals surface area contributed by atoms with Crippen molar-refractivity contribution in [2.75, 3.05) is 26.3 Å². The van der Waals surface area contributed by atoms with Crippen LogP contribution in [0.2, 0.25) is 0 Å². The van der Waals surface area contributed by atoms with E-state index in [1.165, 1.54) is 0 Å². The van der Waals surface area contributed by atoms with Gasteiger partial charge < -0.3 is 4.74 Å². The van der Waals surface area contributed by atoms with Crippen LogP contribution in [-0.4, -0.2) is 62.0 Å². The van der Waals surface area contributed by atoms with E-state index >= 15 is 0 Å². The Kier molecular flexibility index (Phi) is 5.56. The molecule has 0 aromatic carbocycles. The summed E-state index contributed by atoms with van der Waals surface area (Å²) < 4.78 is 45.5. The minimum atomic E-state index is -4.56. The van der Waals surface area contributed by atoms with Crippen LogP contribution < -0.4 is 0 Å². The molecule has 0 unspecified atom stereocenters. The van der Waals surface area contributed by atoms with Crippen LogP contribution >= 0.6 is 0 Å². The Morgan fingerprint density at radius 1 is 1.10 bits per heavy atom. The zero-order chi connectivity index (χ0) is 20.6. The molecule has 0 N–H and O–H groups in total. The maximum absolute atomic E-state index is 12.7. The highest BCUT2D eigenvalue weighted by Gasteiger charge is 2.36. The molecule has 4 rings (SSSR count). The SMILES string of the molecule is CC(C)n1nc(-c2cnc(C(F)(F)F)nc2)nc1[C@H]1CC[C@H](N2CCOCC2)C1. The standard InChI is InChI=1S/C19H25F3N6O/c1-12(2)28-17(13-3-4-15(9-13)27-5-7-29-8-6-27)25-16(26-28)14-10-23-18(24-11-14)19(20,21)22/h10-13,15H,3-9H2,1-2H3/t13-,15-/m0/s1. The molecule has 0 amide bonds. The predicted octanol–water partition coefficient (Wildman–Crippen LogP) is 3.30. The Morgan fingerprint density at radius 2 is 1.79 bits per heavy atom. The molecule has 2 aromatic rings. The van der Waals surface area contributed by atoms with Gasteiger partial charge >= 0.3 is 6.18 Å². The quantitative estimate of drug-likeness (QED) is 0.770. The number of rotatable bonds is 4. The number of hydrogen-bond donors (Lipinski definition) is 0. The molecule has 158 valence electrons. The van der Waals surface area contributed by atoms with Gasteiger partial charge in [0.25, 0.3) is 0 Å². The Labute approximate surface area is 167 Å². The number of ether oxygens (including phenoxy) is 1. The molecule has 1 aliphatic heterocycles. The van der Waals surface area contributed by atoms with E-state index in [2.05, 4.69) is 20.0 Å². The summed E-state index contributed by atoms with van der Waals surface area (Å²) >= 11 is 0. The Bertz CT molecular complexity index is 829. The van der Waals surface area contributed by atoms with Gasteiger partial charge in [-0.2, -0.15) is 18.3 Å². The molecule has 2 fully saturated rings. The summed E-state index contributed by atoms with van der Waals surface area (Å²) in [7, 11) is 0. The zero-order valence-corrected chi connectivity index (χ0v) is 16.6. The molecule has 1 aliphatic carbocycles. The Balaban J connectivity index is 1.56. The smallest absolute Gasteiger partial charge is 0.379 e. The summed E-state index contributed by atoms with van der Waals surface area (Å²) in [6.07, 6.45) is 0.863. The van der Waals surface area contributed by atoms with Crippen LogP contribution in [0.25, 0.3) is 11.4 Å². The van der Waals surface area contributed by atoms with E-state index in [0.29, 0.717) is 17.4 Å². The largest absolute Gasteiger partial charge is 0.451 e. The summed E-state index contributed by atoms with van der Waals surface area (Å²) in [6.45, 7) is 7.53. The maximum atomic E-state index is 12.7. The first kappa shape index (κ1) is 20.2. The number of morpholine rings is 1. The minimum Gasteiger partial charge on any atom is -0.379 e. The Morgan fingerprint density at radius 3 is 2.41 bits per heavy atom. The highest BCUT2D eigenvalue weighted by Crippen LogP contribution is 2.38. The molecule has 0 radical (unpaired) electrons. The molecule has 10 heteroatoms. The summed E-state index contributed by atoms with van der Waals surface area (Å²) in [4.78, 5) is 14.1. The van der Waals surface area contributed by atoms with Crippen LogP contribution in [-0.2, 0) is 10.9 Å². The van der Waals surface area contributed by atoms with Gasteiger partial charge in [-0.1, -0.05) is 0 Å². The first-order valence-electron chi connectivity index (χ1n) is 10.0. The zero-order valence-electron chi connectivity index (χ0n) is 16.6. The topological polar surface area (TPSA) is 69.0 Å². The summed E-state index contributed by atoms with van der Waals surface area (Å²) in [5, 5.41) is 4.56. The third-order valence-corrected chi connectivity index (χ3v) is 5.64. The fourth-order valence-corrected chi connectivity index (χ4v) is 4.17. The van der Waals surface area contributed by atoms with E-state index in [1.807, 2.05) is 18.5 Å². The number of aromatic nitrogens is 5. The second-order valence-corrected chi connectivity index (χ2v) is 7.94. The van der Waals surface area contributed by atoms with Crippen LogP contribution in [0.4, 0.5) is 13.2 Å². The number of alkyl halides is 3. The van der Waals surface area contributed by atoms with Crippen molar-refractivity contribution >= 4 is 0 Å². The second kappa shape index (κ2) is 7.98. The molecule has 7 nitrogen and oxygen atoms in total. The van der Waals surface area contributed by atoms with E-state index in [4.69, 9.17) is 9.72 Å². The fraction of sp³-hybridized carbons (Fsp3) is 0.684. The van der Waals surface area contributed by atoms with Gasteiger partial charge in [0.05, 0.1) is 18.8 Å². The van der Waals surface area contributed by atoms with Crippen molar-refractivity contribution in [3.8, 4) is 11.4 Å². The third kappa shape index (κ3) is 4.28. The maximum Gasteiger partial charge on any atom is 0.451 e. The molecule has 29 heavy (non-hydrogen) atoms. The molecular formula is C19H25F3N6O. The van der Waals surface area contributed by atoms with Crippen molar-refractivity contribution < 1.29 is 17.9 Å². The van der Waals surface area contributed by atoms with Gasteiger partial charge in [-0.05, 0) is 33.1 Å². The molecule has 1 saturated heterocycles. The fourth-order valence-electron chi connectivity index (χ4n) is 4.17. The van der Waals surface area contributed by atoms with Crippen LogP contribution in [0.15, 0.2) is 12.4 Å². The summed E-state index contributed by atoms with van der Waals surface area (Å²) in [5.41, 5.74) is 0.390. The minimum absolute atomic E-state index is 0.101. The van der Waals surface area contributed by atoms with E-state index in [9.17, 15) is 13.2 Å². The van der Waals surface area contributed by atoms with Gasteiger partial charge in [-0.25, -0.2) is 19.6 Å². The van der Waals surface area contributed by atoms with Gasteiger partial charge in [-0.3, -0.25) is 4.90 Å². The Hall–Kier alpha value is -2.07. The lowest BCUT2D eigenvalue weighted by Gasteiger charge is -2.32.